The second-order valence-corrected chi connectivity index (χ2v) is 14.6. The van der Waals surface area contributed by atoms with E-state index in [-0.39, 0.29) is 0 Å². The van der Waals surface area contributed by atoms with Gasteiger partial charge in [-0.25, -0.2) is 0 Å². The first-order chi connectivity index (χ1) is 28.2. The van der Waals surface area contributed by atoms with E-state index in [0.717, 1.165) is 22.6 Å². The van der Waals surface area contributed by atoms with Crippen molar-refractivity contribution in [1.29, 1.82) is 0 Å². The minimum atomic E-state index is 1.09. The molecule has 0 aliphatic rings. The normalized spacial score (nSPS) is 11.2. The Morgan fingerprint density at radius 1 is 0.228 bits per heavy atom. The summed E-state index contributed by atoms with van der Waals surface area (Å²) in [5.74, 6) is 0. The summed E-state index contributed by atoms with van der Waals surface area (Å²) in [4.78, 5) is 2.43. The van der Waals surface area contributed by atoms with Gasteiger partial charge in [0.1, 0.15) is 0 Å². The van der Waals surface area contributed by atoms with Crippen LogP contribution in [0.3, 0.4) is 0 Å². The summed E-state index contributed by atoms with van der Waals surface area (Å²) >= 11 is 0. The topological polar surface area (TPSA) is 3.24 Å². The first-order valence-corrected chi connectivity index (χ1v) is 19.6. The lowest BCUT2D eigenvalue weighted by Crippen LogP contribution is -2.11. The quantitative estimate of drug-likeness (QED) is 0.151. The van der Waals surface area contributed by atoms with Crippen molar-refractivity contribution in [2.45, 2.75) is 0 Å². The Kier molecular flexibility index (Phi) is 8.95. The lowest BCUT2D eigenvalue weighted by molar-refractivity contribution is 1.28. The van der Waals surface area contributed by atoms with Crippen LogP contribution < -0.4 is 4.90 Å². The first-order valence-electron chi connectivity index (χ1n) is 19.6. The predicted octanol–water partition coefficient (Wildman–Crippen LogP) is 15.8. The summed E-state index contributed by atoms with van der Waals surface area (Å²) < 4.78 is 0. The third-order valence-electron chi connectivity index (χ3n) is 11.0. The minimum absolute atomic E-state index is 1.09. The third-order valence-corrected chi connectivity index (χ3v) is 11.0. The maximum absolute atomic E-state index is 2.43. The van der Waals surface area contributed by atoms with Gasteiger partial charge >= 0.3 is 0 Å². The number of nitrogens with zero attached hydrogens (tertiary/aromatic N) is 1. The lowest BCUT2D eigenvalue weighted by Gasteiger charge is -2.29. The summed E-state index contributed by atoms with van der Waals surface area (Å²) in [5.41, 5.74) is 15.2. The Morgan fingerprint density at radius 3 is 1.54 bits per heavy atom. The Labute approximate surface area is 334 Å². The SMILES string of the molecule is c1ccc(-c2cccc(N(c3ccc(-c4cccc(-c5ccc6ccccc6c5)c4)cc3)c3cc(-c4cccc5ccccc45)ccc3-c3ccccc3)c2)cc1. The number of benzene rings is 10. The van der Waals surface area contributed by atoms with E-state index < -0.39 is 0 Å². The van der Waals surface area contributed by atoms with E-state index in [1.807, 2.05) is 0 Å². The van der Waals surface area contributed by atoms with Crippen molar-refractivity contribution in [1.82, 2.24) is 0 Å². The van der Waals surface area contributed by atoms with Crippen LogP contribution in [0.15, 0.2) is 237 Å². The van der Waals surface area contributed by atoms with Crippen molar-refractivity contribution < 1.29 is 0 Å². The molecule has 0 aromatic heterocycles. The first kappa shape index (κ1) is 34.0. The van der Waals surface area contributed by atoms with Crippen LogP contribution in [0.1, 0.15) is 0 Å². The molecule has 0 fully saturated rings. The van der Waals surface area contributed by atoms with Crippen LogP contribution in [0.5, 0.6) is 0 Å². The molecular formula is C56H39N. The maximum Gasteiger partial charge on any atom is 0.0546 e. The van der Waals surface area contributed by atoms with Gasteiger partial charge in [0.25, 0.3) is 0 Å². The van der Waals surface area contributed by atoms with Gasteiger partial charge in [-0.2, -0.15) is 0 Å². The average Bonchev–Trinajstić information content (AvgIpc) is 3.30. The van der Waals surface area contributed by atoms with Gasteiger partial charge in [0, 0.05) is 16.9 Å². The molecule has 0 heterocycles. The van der Waals surface area contributed by atoms with E-state index in [4.69, 9.17) is 0 Å². The summed E-state index contributed by atoms with van der Waals surface area (Å²) in [6.07, 6.45) is 0. The van der Waals surface area contributed by atoms with Gasteiger partial charge < -0.3 is 4.90 Å². The van der Waals surface area contributed by atoms with Crippen molar-refractivity contribution in [2.75, 3.05) is 4.90 Å². The average molecular weight is 726 g/mol. The van der Waals surface area contributed by atoms with E-state index in [2.05, 4.69) is 241 Å². The third kappa shape index (κ3) is 6.77. The fourth-order valence-electron chi connectivity index (χ4n) is 8.16. The van der Waals surface area contributed by atoms with Crippen molar-refractivity contribution in [3.63, 3.8) is 0 Å². The van der Waals surface area contributed by atoms with Crippen molar-refractivity contribution in [3.8, 4) is 55.6 Å². The van der Waals surface area contributed by atoms with E-state index in [1.165, 1.54) is 71.6 Å². The Hall–Kier alpha value is -7.48. The van der Waals surface area contributed by atoms with Crippen LogP contribution in [-0.4, -0.2) is 0 Å². The van der Waals surface area contributed by atoms with Crippen LogP contribution in [0.2, 0.25) is 0 Å². The molecular weight excluding hydrogens is 687 g/mol. The van der Waals surface area contributed by atoms with Gasteiger partial charge in [-0.05, 0) is 114 Å². The molecule has 0 unspecified atom stereocenters. The molecule has 0 bridgehead atoms. The van der Waals surface area contributed by atoms with E-state index in [1.54, 1.807) is 0 Å². The summed E-state index contributed by atoms with van der Waals surface area (Å²) in [5, 5.41) is 4.98. The highest BCUT2D eigenvalue weighted by atomic mass is 15.1. The van der Waals surface area contributed by atoms with Crippen molar-refractivity contribution in [3.05, 3.63) is 237 Å². The van der Waals surface area contributed by atoms with Crippen LogP contribution in [0.25, 0.3) is 77.2 Å². The number of hydrogen-bond acceptors (Lipinski definition) is 1. The molecule has 10 aromatic rings. The molecule has 0 saturated carbocycles. The summed E-state index contributed by atoms with van der Waals surface area (Å²) in [6.45, 7) is 0. The zero-order valence-corrected chi connectivity index (χ0v) is 31.5. The van der Waals surface area contributed by atoms with Crippen LogP contribution >= 0.6 is 0 Å². The van der Waals surface area contributed by atoms with Gasteiger partial charge in [-0.3, -0.25) is 0 Å². The van der Waals surface area contributed by atoms with E-state index >= 15 is 0 Å². The molecule has 10 rings (SSSR count). The van der Waals surface area contributed by atoms with Gasteiger partial charge in [0.05, 0.1) is 5.69 Å². The van der Waals surface area contributed by atoms with E-state index in [0.29, 0.717) is 0 Å². The molecule has 0 aliphatic heterocycles. The molecule has 0 N–H and O–H groups in total. The standard InChI is InChI=1S/C56H39N/c1-3-14-40(15-4-1)48-24-12-25-52(38-48)57(51-33-30-42(31-34-51)46-22-11-23-47(36-46)49-29-28-41-16-7-8-20-45(41)37-49)56-39-50(32-35-55(56)44-17-5-2-6-18-44)54-27-13-21-43-19-9-10-26-53(43)54/h1-39H. The zero-order valence-electron chi connectivity index (χ0n) is 31.5. The lowest BCUT2D eigenvalue weighted by atomic mass is 9.93. The smallest absolute Gasteiger partial charge is 0.0546 e. The molecule has 268 valence electrons. The Morgan fingerprint density at radius 2 is 0.754 bits per heavy atom. The monoisotopic (exact) mass is 725 g/mol. The van der Waals surface area contributed by atoms with Gasteiger partial charge in [-0.1, -0.05) is 194 Å². The second-order valence-electron chi connectivity index (χ2n) is 14.6. The number of rotatable bonds is 8. The molecule has 1 nitrogen and oxygen atoms in total. The van der Waals surface area contributed by atoms with Crippen LogP contribution in [0.4, 0.5) is 17.1 Å². The number of hydrogen-bond donors (Lipinski definition) is 0. The minimum Gasteiger partial charge on any atom is -0.310 e. The zero-order chi connectivity index (χ0) is 38.0. The molecule has 0 aliphatic carbocycles. The Balaban J connectivity index is 1.13. The van der Waals surface area contributed by atoms with Gasteiger partial charge in [0.15, 0.2) is 0 Å². The summed E-state index contributed by atoms with van der Waals surface area (Å²) in [7, 11) is 0. The van der Waals surface area contributed by atoms with Crippen molar-refractivity contribution in [2.24, 2.45) is 0 Å². The number of fused-ring (bicyclic) bond motifs is 2. The van der Waals surface area contributed by atoms with Crippen LogP contribution in [-0.2, 0) is 0 Å². The van der Waals surface area contributed by atoms with Crippen molar-refractivity contribution >= 4 is 38.6 Å². The van der Waals surface area contributed by atoms with Gasteiger partial charge in [-0.15, -0.1) is 0 Å². The predicted molar refractivity (Wildman–Crippen MR) is 243 cm³/mol. The Bertz CT molecular complexity index is 2990. The fraction of sp³-hybridized carbons (Fsp3) is 0. The highest BCUT2D eigenvalue weighted by Crippen LogP contribution is 2.45. The molecule has 10 aromatic carbocycles. The summed E-state index contributed by atoms with van der Waals surface area (Å²) in [6, 6.07) is 85.8. The molecule has 0 spiro atoms. The highest BCUT2D eigenvalue weighted by molar-refractivity contribution is 5.99. The number of anilines is 3. The van der Waals surface area contributed by atoms with Crippen LogP contribution in [0, 0.1) is 0 Å². The molecule has 0 radical (unpaired) electrons. The fourth-order valence-corrected chi connectivity index (χ4v) is 8.16. The molecule has 0 saturated heterocycles. The highest BCUT2D eigenvalue weighted by Gasteiger charge is 2.20. The second kappa shape index (κ2) is 15.0. The van der Waals surface area contributed by atoms with E-state index in [9.17, 15) is 0 Å². The molecule has 0 atom stereocenters. The largest absolute Gasteiger partial charge is 0.310 e. The maximum atomic E-state index is 2.43. The molecule has 1 heteroatoms. The van der Waals surface area contributed by atoms with Gasteiger partial charge in [0.2, 0.25) is 0 Å². The molecule has 0 amide bonds. The molecule has 57 heavy (non-hydrogen) atoms.